The molecule has 0 saturated carbocycles. The van der Waals surface area contributed by atoms with Crippen molar-refractivity contribution < 1.29 is 14.6 Å². The van der Waals surface area contributed by atoms with E-state index in [1.165, 1.54) is 0 Å². The summed E-state index contributed by atoms with van der Waals surface area (Å²) >= 11 is 0. The second kappa shape index (κ2) is 10.8. The monoisotopic (exact) mass is 320 g/mol. The predicted octanol–water partition coefficient (Wildman–Crippen LogP) is 2.35. The number of carbonyl (C=O) groups is 1. The van der Waals surface area contributed by atoms with Crippen molar-refractivity contribution in [3.05, 3.63) is 42.5 Å². The van der Waals surface area contributed by atoms with E-state index < -0.39 is 12.0 Å². The van der Waals surface area contributed by atoms with Gasteiger partial charge in [-0.05, 0) is 49.9 Å². The third kappa shape index (κ3) is 7.81. The standard InChI is InChI=1S/C18H28N2O3/c1-3-5-15(20-11-4-2)10-12-23-16-8-6-14(7-9-16)13-17(19)18(21)22/h3,6-9,15,17,20H,1,4-5,10-13,19H2,2H3,(H,21,22)/t15?,17-/m0/s1. The van der Waals surface area contributed by atoms with Crippen molar-refractivity contribution in [1.29, 1.82) is 0 Å². The molecule has 0 saturated heterocycles. The number of nitrogens with two attached hydrogens (primary N) is 1. The largest absolute Gasteiger partial charge is 0.494 e. The first-order chi connectivity index (χ1) is 11.1. The molecule has 5 nitrogen and oxygen atoms in total. The smallest absolute Gasteiger partial charge is 0.320 e. The van der Waals surface area contributed by atoms with Gasteiger partial charge in [-0.3, -0.25) is 4.79 Å². The molecule has 23 heavy (non-hydrogen) atoms. The molecule has 1 unspecified atom stereocenters. The number of aliphatic carboxylic acids is 1. The third-order valence-corrected chi connectivity index (χ3v) is 3.57. The maximum Gasteiger partial charge on any atom is 0.320 e. The third-order valence-electron chi connectivity index (χ3n) is 3.57. The Morgan fingerprint density at radius 1 is 1.43 bits per heavy atom. The molecule has 0 amide bonds. The molecular formula is C18H28N2O3. The molecule has 0 heterocycles. The van der Waals surface area contributed by atoms with E-state index in [-0.39, 0.29) is 0 Å². The molecule has 5 heteroatoms. The van der Waals surface area contributed by atoms with Crippen LogP contribution in [-0.4, -0.2) is 36.3 Å². The van der Waals surface area contributed by atoms with Gasteiger partial charge in [-0.2, -0.15) is 0 Å². The van der Waals surface area contributed by atoms with Crippen LogP contribution in [0.3, 0.4) is 0 Å². The van der Waals surface area contributed by atoms with Crippen molar-refractivity contribution in [2.75, 3.05) is 13.2 Å². The van der Waals surface area contributed by atoms with E-state index in [1.807, 2.05) is 30.3 Å². The highest BCUT2D eigenvalue weighted by molar-refractivity contribution is 5.73. The van der Waals surface area contributed by atoms with Crippen LogP contribution in [0, 0.1) is 0 Å². The van der Waals surface area contributed by atoms with Crippen LogP contribution >= 0.6 is 0 Å². The normalized spacial score (nSPS) is 13.3. The Morgan fingerprint density at radius 2 is 2.13 bits per heavy atom. The lowest BCUT2D eigenvalue weighted by atomic mass is 10.1. The SMILES string of the molecule is C=CCC(CCOc1ccc(C[C@H](N)C(=O)O)cc1)NCCC. The van der Waals surface area contributed by atoms with Crippen LogP contribution in [0.1, 0.15) is 31.7 Å². The minimum atomic E-state index is -0.988. The first kappa shape index (κ1) is 19.2. The molecule has 128 valence electrons. The number of ether oxygens (including phenoxy) is 1. The van der Waals surface area contributed by atoms with Crippen molar-refractivity contribution in [3.8, 4) is 5.75 Å². The van der Waals surface area contributed by atoms with Crippen LogP contribution in [0.2, 0.25) is 0 Å². The Morgan fingerprint density at radius 3 is 2.70 bits per heavy atom. The van der Waals surface area contributed by atoms with E-state index in [2.05, 4.69) is 18.8 Å². The van der Waals surface area contributed by atoms with Gasteiger partial charge in [0.15, 0.2) is 0 Å². The lowest BCUT2D eigenvalue weighted by Gasteiger charge is -2.17. The van der Waals surface area contributed by atoms with E-state index in [4.69, 9.17) is 15.6 Å². The van der Waals surface area contributed by atoms with Crippen LogP contribution in [-0.2, 0) is 11.2 Å². The molecule has 0 bridgehead atoms. The Labute approximate surface area is 138 Å². The number of benzene rings is 1. The summed E-state index contributed by atoms with van der Waals surface area (Å²) in [7, 11) is 0. The summed E-state index contributed by atoms with van der Waals surface area (Å²) in [6.07, 6.45) is 5.19. The van der Waals surface area contributed by atoms with Gasteiger partial charge in [-0.1, -0.05) is 25.1 Å². The van der Waals surface area contributed by atoms with Crippen LogP contribution < -0.4 is 15.8 Å². The fourth-order valence-electron chi connectivity index (χ4n) is 2.23. The molecule has 1 aromatic rings. The van der Waals surface area contributed by atoms with E-state index in [1.54, 1.807) is 0 Å². The zero-order valence-corrected chi connectivity index (χ0v) is 13.8. The average Bonchev–Trinajstić information content (AvgIpc) is 2.54. The van der Waals surface area contributed by atoms with E-state index in [0.29, 0.717) is 19.1 Å². The Balaban J connectivity index is 2.39. The maximum atomic E-state index is 10.7. The van der Waals surface area contributed by atoms with Gasteiger partial charge in [0, 0.05) is 6.04 Å². The molecule has 4 N–H and O–H groups in total. The molecule has 0 aliphatic rings. The van der Waals surface area contributed by atoms with Crippen LogP contribution in [0.4, 0.5) is 0 Å². The molecule has 1 rings (SSSR count). The molecule has 2 atom stereocenters. The summed E-state index contributed by atoms with van der Waals surface area (Å²) in [5, 5.41) is 12.3. The predicted molar refractivity (Wildman–Crippen MR) is 92.8 cm³/mol. The maximum absolute atomic E-state index is 10.7. The number of carboxylic acids is 1. The zero-order valence-electron chi connectivity index (χ0n) is 13.8. The van der Waals surface area contributed by atoms with Crippen LogP contribution in [0.5, 0.6) is 5.75 Å². The van der Waals surface area contributed by atoms with Gasteiger partial charge in [-0.15, -0.1) is 6.58 Å². The van der Waals surface area contributed by atoms with Crippen molar-refractivity contribution in [1.82, 2.24) is 5.32 Å². The summed E-state index contributed by atoms with van der Waals surface area (Å²) in [6.45, 7) is 7.56. The summed E-state index contributed by atoms with van der Waals surface area (Å²) < 4.78 is 5.75. The summed E-state index contributed by atoms with van der Waals surface area (Å²) in [5.74, 6) is -0.205. The number of hydrogen-bond donors (Lipinski definition) is 3. The summed E-state index contributed by atoms with van der Waals surface area (Å²) in [5.41, 5.74) is 6.41. The first-order valence-electron chi connectivity index (χ1n) is 8.11. The molecule has 0 spiro atoms. The highest BCUT2D eigenvalue weighted by Crippen LogP contribution is 2.14. The molecule has 0 aliphatic heterocycles. The number of nitrogens with one attached hydrogen (secondary N) is 1. The summed E-state index contributed by atoms with van der Waals surface area (Å²) in [4.78, 5) is 10.7. The van der Waals surface area contributed by atoms with Gasteiger partial charge in [0.25, 0.3) is 0 Å². The number of carboxylic acid groups (broad SMARTS) is 1. The fraction of sp³-hybridized carbons (Fsp3) is 0.500. The van der Waals surface area contributed by atoms with Crippen molar-refractivity contribution in [2.45, 2.75) is 44.7 Å². The quantitative estimate of drug-likeness (QED) is 0.515. The topological polar surface area (TPSA) is 84.6 Å². The summed E-state index contributed by atoms with van der Waals surface area (Å²) in [6, 6.07) is 6.94. The zero-order chi connectivity index (χ0) is 17.1. The van der Waals surface area contributed by atoms with Gasteiger partial charge >= 0.3 is 5.97 Å². The highest BCUT2D eigenvalue weighted by atomic mass is 16.5. The molecule has 0 aromatic heterocycles. The highest BCUT2D eigenvalue weighted by Gasteiger charge is 2.12. The first-order valence-corrected chi connectivity index (χ1v) is 8.11. The van der Waals surface area contributed by atoms with Crippen LogP contribution in [0.25, 0.3) is 0 Å². The van der Waals surface area contributed by atoms with E-state index >= 15 is 0 Å². The molecule has 0 aliphatic carbocycles. The van der Waals surface area contributed by atoms with Gasteiger partial charge in [0.2, 0.25) is 0 Å². The molecule has 0 fully saturated rings. The number of hydrogen-bond acceptors (Lipinski definition) is 4. The Bertz CT molecular complexity index is 474. The van der Waals surface area contributed by atoms with Gasteiger partial charge in [0.05, 0.1) is 6.61 Å². The van der Waals surface area contributed by atoms with Gasteiger partial charge in [-0.25, -0.2) is 0 Å². The average molecular weight is 320 g/mol. The van der Waals surface area contributed by atoms with Crippen molar-refractivity contribution in [2.24, 2.45) is 5.73 Å². The Kier molecular flexibility index (Phi) is 9.02. The van der Waals surface area contributed by atoms with Gasteiger partial charge in [0.1, 0.15) is 11.8 Å². The van der Waals surface area contributed by atoms with Gasteiger partial charge < -0.3 is 20.9 Å². The van der Waals surface area contributed by atoms with Crippen molar-refractivity contribution >= 4 is 5.97 Å². The van der Waals surface area contributed by atoms with Crippen LogP contribution in [0.15, 0.2) is 36.9 Å². The lowest BCUT2D eigenvalue weighted by molar-refractivity contribution is -0.138. The minimum Gasteiger partial charge on any atom is -0.494 e. The molecule has 0 radical (unpaired) electrons. The fourth-order valence-corrected chi connectivity index (χ4v) is 2.23. The Hall–Kier alpha value is -1.85. The van der Waals surface area contributed by atoms with E-state index in [9.17, 15) is 4.79 Å². The second-order valence-electron chi connectivity index (χ2n) is 5.61. The molecular weight excluding hydrogens is 292 g/mol. The van der Waals surface area contributed by atoms with E-state index in [0.717, 1.165) is 37.1 Å². The van der Waals surface area contributed by atoms with Crippen molar-refractivity contribution in [3.63, 3.8) is 0 Å². The second-order valence-corrected chi connectivity index (χ2v) is 5.61. The number of rotatable bonds is 12. The molecule has 1 aromatic carbocycles. The minimum absolute atomic E-state index is 0.317. The lowest BCUT2D eigenvalue weighted by Crippen LogP contribution is -2.32.